The number of nitrogens with zero attached hydrogens (tertiary/aromatic N) is 4. The van der Waals surface area contributed by atoms with Crippen LogP contribution in [0, 0.1) is 12.7 Å². The Hall–Kier alpha value is -3.55. The molecule has 4 aromatic rings. The van der Waals surface area contributed by atoms with Gasteiger partial charge in [0.15, 0.2) is 5.65 Å². The van der Waals surface area contributed by atoms with E-state index in [2.05, 4.69) is 10.1 Å². The predicted molar refractivity (Wildman–Crippen MR) is 97.2 cm³/mol. The van der Waals surface area contributed by atoms with E-state index >= 15 is 0 Å². The largest absolute Gasteiger partial charge is 0.480 e. The topological polar surface area (TPSA) is 89.5 Å². The lowest BCUT2D eigenvalue weighted by atomic mass is 10.1. The van der Waals surface area contributed by atoms with Crippen molar-refractivity contribution in [2.24, 2.45) is 0 Å². The molecule has 0 spiro atoms. The number of fused-ring (bicyclic) bond motifs is 3. The van der Waals surface area contributed by atoms with Gasteiger partial charge in [0.05, 0.1) is 16.6 Å². The second-order valence-corrected chi connectivity index (χ2v) is 6.30. The number of pyridine rings is 1. The fourth-order valence-corrected chi connectivity index (χ4v) is 3.17. The number of aryl methyl sites for hydroxylation is 1. The molecular weight excluding hydrogens is 351 g/mol. The van der Waals surface area contributed by atoms with Crippen molar-refractivity contribution in [1.82, 2.24) is 19.2 Å². The monoisotopic (exact) mass is 366 g/mol. The molecular formula is C19H15FN4O3. The second-order valence-electron chi connectivity index (χ2n) is 6.30. The summed E-state index contributed by atoms with van der Waals surface area (Å²) in [7, 11) is 0. The molecule has 0 unspecified atom stereocenters. The lowest BCUT2D eigenvalue weighted by Crippen LogP contribution is -2.28. The number of benzene rings is 1. The average molecular weight is 366 g/mol. The second kappa shape index (κ2) is 6.01. The summed E-state index contributed by atoms with van der Waals surface area (Å²) in [5.74, 6) is -1.43. The van der Waals surface area contributed by atoms with Crippen LogP contribution in [0.5, 0.6) is 0 Å². The number of carbonyl (C=O) groups is 1. The van der Waals surface area contributed by atoms with Crippen molar-refractivity contribution in [3.8, 4) is 11.1 Å². The molecule has 136 valence electrons. The van der Waals surface area contributed by atoms with Gasteiger partial charge in [0.25, 0.3) is 5.56 Å². The lowest BCUT2D eigenvalue weighted by molar-refractivity contribution is -0.140. The predicted octanol–water partition coefficient (Wildman–Crippen LogP) is 2.80. The first-order chi connectivity index (χ1) is 12.9. The number of aliphatic carboxylic acids is 1. The summed E-state index contributed by atoms with van der Waals surface area (Å²) in [6.45, 7) is 3.25. The summed E-state index contributed by atoms with van der Waals surface area (Å²) in [6.07, 6.45) is 2.86. The molecule has 1 atom stereocenters. The van der Waals surface area contributed by atoms with Gasteiger partial charge in [-0.25, -0.2) is 18.7 Å². The highest BCUT2D eigenvalue weighted by Crippen LogP contribution is 2.28. The molecule has 0 saturated heterocycles. The van der Waals surface area contributed by atoms with Crippen molar-refractivity contribution in [2.75, 3.05) is 0 Å². The van der Waals surface area contributed by atoms with Crippen LogP contribution < -0.4 is 5.56 Å². The summed E-state index contributed by atoms with van der Waals surface area (Å²) in [6, 6.07) is 6.68. The number of carboxylic acids is 1. The number of carboxylic acid groups (broad SMARTS) is 1. The van der Waals surface area contributed by atoms with Crippen molar-refractivity contribution >= 4 is 22.5 Å². The summed E-state index contributed by atoms with van der Waals surface area (Å²) >= 11 is 0. The van der Waals surface area contributed by atoms with Crippen molar-refractivity contribution in [3.05, 3.63) is 64.6 Å². The molecule has 27 heavy (non-hydrogen) atoms. The van der Waals surface area contributed by atoms with Crippen LogP contribution in [0.25, 0.3) is 27.7 Å². The Morgan fingerprint density at radius 2 is 1.93 bits per heavy atom. The van der Waals surface area contributed by atoms with Gasteiger partial charge >= 0.3 is 5.97 Å². The third-order valence-corrected chi connectivity index (χ3v) is 4.62. The Kier molecular flexibility index (Phi) is 3.76. The van der Waals surface area contributed by atoms with E-state index in [1.54, 1.807) is 22.7 Å². The molecule has 3 heterocycles. The van der Waals surface area contributed by atoms with Crippen LogP contribution in [-0.4, -0.2) is 30.2 Å². The number of aromatic nitrogens is 4. The van der Waals surface area contributed by atoms with E-state index in [-0.39, 0.29) is 11.2 Å². The van der Waals surface area contributed by atoms with E-state index in [0.29, 0.717) is 16.9 Å². The fraction of sp³-hybridized carbons (Fsp3) is 0.158. The van der Waals surface area contributed by atoms with Gasteiger partial charge in [0.1, 0.15) is 11.9 Å². The lowest BCUT2D eigenvalue weighted by Gasteiger charge is -2.11. The number of rotatable bonds is 3. The van der Waals surface area contributed by atoms with Crippen molar-refractivity contribution < 1.29 is 14.3 Å². The molecule has 0 amide bonds. The Balaban J connectivity index is 1.99. The van der Waals surface area contributed by atoms with E-state index in [9.17, 15) is 14.0 Å². The minimum atomic E-state index is -1.10. The van der Waals surface area contributed by atoms with E-state index in [1.165, 1.54) is 31.5 Å². The smallest absolute Gasteiger partial charge is 0.326 e. The van der Waals surface area contributed by atoms with Gasteiger partial charge in [-0.3, -0.25) is 4.79 Å². The highest BCUT2D eigenvalue weighted by atomic mass is 19.1. The Morgan fingerprint density at radius 1 is 1.22 bits per heavy atom. The van der Waals surface area contributed by atoms with Crippen LogP contribution in [0.15, 0.2) is 47.5 Å². The van der Waals surface area contributed by atoms with Gasteiger partial charge in [0, 0.05) is 18.0 Å². The first-order valence-corrected chi connectivity index (χ1v) is 8.26. The summed E-state index contributed by atoms with van der Waals surface area (Å²) in [4.78, 5) is 28.3. The molecule has 0 fully saturated rings. The van der Waals surface area contributed by atoms with E-state index in [0.717, 1.165) is 15.7 Å². The van der Waals surface area contributed by atoms with Gasteiger partial charge in [0.2, 0.25) is 0 Å². The molecule has 1 N–H and O–H groups in total. The van der Waals surface area contributed by atoms with Crippen molar-refractivity contribution in [3.63, 3.8) is 0 Å². The normalized spacial score (nSPS) is 12.6. The first kappa shape index (κ1) is 16.9. The van der Waals surface area contributed by atoms with Crippen LogP contribution >= 0.6 is 0 Å². The minimum absolute atomic E-state index is 0.270. The van der Waals surface area contributed by atoms with Gasteiger partial charge in [-0.1, -0.05) is 12.1 Å². The molecule has 8 heteroatoms. The SMILES string of the molecule is Cc1nn2c(ncc3c(=O)n([C@@H](C)C(=O)O)ccc32)c1-c1ccc(F)cc1. The van der Waals surface area contributed by atoms with Crippen molar-refractivity contribution in [2.45, 2.75) is 19.9 Å². The van der Waals surface area contributed by atoms with Gasteiger partial charge < -0.3 is 9.67 Å². The van der Waals surface area contributed by atoms with E-state index in [1.807, 2.05) is 6.92 Å². The first-order valence-electron chi connectivity index (χ1n) is 8.26. The molecule has 0 radical (unpaired) electrons. The zero-order valence-electron chi connectivity index (χ0n) is 14.5. The van der Waals surface area contributed by atoms with E-state index < -0.39 is 17.6 Å². The van der Waals surface area contributed by atoms with E-state index in [4.69, 9.17) is 5.11 Å². The van der Waals surface area contributed by atoms with Crippen LogP contribution in [0.4, 0.5) is 4.39 Å². The van der Waals surface area contributed by atoms with Gasteiger partial charge in [-0.15, -0.1) is 0 Å². The molecule has 7 nitrogen and oxygen atoms in total. The van der Waals surface area contributed by atoms with Gasteiger partial charge in [-0.05, 0) is 37.6 Å². The summed E-state index contributed by atoms with van der Waals surface area (Å²) < 4.78 is 15.9. The molecule has 0 aliphatic heterocycles. The summed E-state index contributed by atoms with van der Waals surface area (Å²) in [5.41, 5.74) is 2.81. The highest BCUT2D eigenvalue weighted by molar-refractivity contribution is 5.86. The quantitative estimate of drug-likeness (QED) is 0.602. The maximum atomic E-state index is 13.2. The van der Waals surface area contributed by atoms with Gasteiger partial charge in [-0.2, -0.15) is 5.10 Å². The molecule has 0 aliphatic rings. The number of hydrogen-bond acceptors (Lipinski definition) is 4. The number of halogens is 1. The zero-order valence-corrected chi connectivity index (χ0v) is 14.5. The maximum absolute atomic E-state index is 13.2. The minimum Gasteiger partial charge on any atom is -0.480 e. The molecule has 0 aliphatic carbocycles. The van der Waals surface area contributed by atoms with Crippen molar-refractivity contribution in [1.29, 1.82) is 0 Å². The molecule has 4 rings (SSSR count). The molecule has 3 aromatic heterocycles. The van der Waals surface area contributed by atoms with Crippen LogP contribution in [0.2, 0.25) is 0 Å². The Labute approximate surface area is 152 Å². The maximum Gasteiger partial charge on any atom is 0.326 e. The fourth-order valence-electron chi connectivity index (χ4n) is 3.17. The molecule has 0 saturated carbocycles. The summed E-state index contributed by atoms with van der Waals surface area (Å²) in [5, 5.41) is 13.9. The standard InChI is InChI=1S/C19H15FN4O3/c1-10-16(12-3-5-13(20)6-4-12)17-21-9-14-15(24(17)22-10)7-8-23(18(14)25)11(2)19(26)27/h3-9,11H,1-2H3,(H,26,27)/t11-/m0/s1. The molecule has 0 bridgehead atoms. The Morgan fingerprint density at radius 3 is 2.59 bits per heavy atom. The number of hydrogen-bond donors (Lipinski definition) is 1. The zero-order chi connectivity index (χ0) is 19.3. The van der Waals surface area contributed by atoms with Crippen LogP contribution in [-0.2, 0) is 4.79 Å². The highest BCUT2D eigenvalue weighted by Gasteiger charge is 2.19. The third-order valence-electron chi connectivity index (χ3n) is 4.62. The van der Waals surface area contributed by atoms with Crippen LogP contribution in [0.1, 0.15) is 18.7 Å². The van der Waals surface area contributed by atoms with Crippen LogP contribution in [0.3, 0.4) is 0 Å². The average Bonchev–Trinajstić information content (AvgIpc) is 2.98. The Bertz CT molecular complexity index is 1260. The third kappa shape index (κ3) is 2.57. The molecule has 1 aromatic carbocycles.